The van der Waals surface area contributed by atoms with Crippen LogP contribution in [0, 0.1) is 22.0 Å². The molecule has 0 bridgehead atoms. The lowest BCUT2D eigenvalue weighted by Crippen LogP contribution is -2.43. The van der Waals surface area contributed by atoms with E-state index in [9.17, 15) is 14.9 Å². The van der Waals surface area contributed by atoms with E-state index in [0.717, 1.165) is 19.3 Å². The van der Waals surface area contributed by atoms with Gasteiger partial charge in [0.05, 0.1) is 24.7 Å². The van der Waals surface area contributed by atoms with Crippen molar-refractivity contribution in [1.29, 1.82) is 0 Å². The molecule has 1 aliphatic heterocycles. The molecule has 0 amide bonds. The van der Waals surface area contributed by atoms with Crippen LogP contribution in [0.1, 0.15) is 38.5 Å². The Bertz CT molecular complexity index is 442. The number of hydrogen-bond donors (Lipinski definition) is 0. The van der Waals surface area contributed by atoms with Crippen molar-refractivity contribution >= 4 is 5.97 Å². The molecule has 0 aromatic rings. The summed E-state index contributed by atoms with van der Waals surface area (Å²) < 4.78 is 16.1. The van der Waals surface area contributed by atoms with Crippen molar-refractivity contribution in [2.24, 2.45) is 11.8 Å². The summed E-state index contributed by atoms with van der Waals surface area (Å²) in [5.41, 5.74) is 0. The third-order valence-corrected chi connectivity index (χ3v) is 5.24. The van der Waals surface area contributed by atoms with Crippen molar-refractivity contribution in [2.75, 3.05) is 13.7 Å². The fraction of sp³-hybridized carbons (Fsp3) is 0.933. The van der Waals surface area contributed by atoms with E-state index in [-0.39, 0.29) is 23.2 Å². The van der Waals surface area contributed by atoms with Crippen LogP contribution in [0.15, 0.2) is 0 Å². The van der Waals surface area contributed by atoms with E-state index in [4.69, 9.17) is 14.2 Å². The minimum Gasteiger partial charge on any atom is -0.465 e. The number of rotatable bonds is 5. The second-order valence-electron chi connectivity index (χ2n) is 6.66. The molecule has 1 heterocycles. The number of hydrogen-bond acceptors (Lipinski definition) is 6. The van der Waals surface area contributed by atoms with Gasteiger partial charge in [-0.25, -0.2) is 0 Å². The number of epoxide rings is 1. The Morgan fingerprint density at radius 1 is 1.23 bits per heavy atom. The van der Waals surface area contributed by atoms with Crippen LogP contribution in [-0.4, -0.2) is 49.0 Å². The normalized spacial score (nSPS) is 40.6. The molecule has 0 spiro atoms. The molecule has 3 aliphatic rings. The van der Waals surface area contributed by atoms with Gasteiger partial charge < -0.3 is 14.2 Å². The smallest absolute Gasteiger partial charge is 0.309 e. The highest BCUT2D eigenvalue weighted by Crippen LogP contribution is 2.39. The highest BCUT2D eigenvalue weighted by molar-refractivity contribution is 5.72. The summed E-state index contributed by atoms with van der Waals surface area (Å²) in [5, 5.41) is 11.1. The van der Waals surface area contributed by atoms with Gasteiger partial charge in [-0.05, 0) is 38.0 Å². The van der Waals surface area contributed by atoms with Crippen LogP contribution < -0.4 is 0 Å². The van der Waals surface area contributed by atoms with Crippen LogP contribution >= 0.6 is 0 Å². The van der Waals surface area contributed by atoms with Gasteiger partial charge in [0.2, 0.25) is 6.04 Å². The Kier molecular flexibility index (Phi) is 4.63. The highest BCUT2D eigenvalue weighted by atomic mass is 16.6. The monoisotopic (exact) mass is 313 g/mol. The molecule has 0 aromatic heterocycles. The number of methoxy groups -OCH3 is 1. The molecular weight excluding hydrogens is 290 g/mol. The highest BCUT2D eigenvalue weighted by Gasteiger charge is 2.45. The van der Waals surface area contributed by atoms with Crippen molar-refractivity contribution in [2.45, 2.75) is 62.9 Å². The zero-order valence-electron chi connectivity index (χ0n) is 12.8. The zero-order valence-corrected chi connectivity index (χ0v) is 12.8. The predicted molar refractivity (Wildman–Crippen MR) is 75.9 cm³/mol. The van der Waals surface area contributed by atoms with Crippen LogP contribution in [0.3, 0.4) is 0 Å². The fourth-order valence-corrected chi connectivity index (χ4v) is 3.79. The molecule has 22 heavy (non-hydrogen) atoms. The van der Waals surface area contributed by atoms with Crippen molar-refractivity contribution in [3.63, 3.8) is 0 Å². The predicted octanol–water partition coefficient (Wildman–Crippen LogP) is 1.56. The first-order chi connectivity index (χ1) is 10.6. The van der Waals surface area contributed by atoms with Crippen molar-refractivity contribution in [3.8, 4) is 0 Å². The number of fused-ring (bicyclic) bond motifs is 1. The van der Waals surface area contributed by atoms with E-state index < -0.39 is 12.1 Å². The fourth-order valence-electron chi connectivity index (χ4n) is 3.79. The van der Waals surface area contributed by atoms with E-state index in [1.165, 1.54) is 7.11 Å². The molecule has 6 unspecified atom stereocenters. The molecule has 2 aliphatic carbocycles. The van der Waals surface area contributed by atoms with Crippen LogP contribution in [0.25, 0.3) is 0 Å². The second kappa shape index (κ2) is 6.50. The van der Waals surface area contributed by atoms with Crippen molar-refractivity contribution < 1.29 is 23.9 Å². The SMILES string of the molecule is COC1CCC(C(=O)OCC2CCC3OC3C2)CC1[N+](=O)[O-]. The van der Waals surface area contributed by atoms with Gasteiger partial charge in [0.1, 0.15) is 6.10 Å². The molecule has 124 valence electrons. The summed E-state index contributed by atoms with van der Waals surface area (Å²) >= 11 is 0. The van der Waals surface area contributed by atoms with Crippen LogP contribution in [0.5, 0.6) is 0 Å². The number of nitrogens with zero attached hydrogens (tertiary/aromatic N) is 1. The first kappa shape index (κ1) is 15.7. The number of ether oxygens (including phenoxy) is 3. The van der Waals surface area contributed by atoms with E-state index in [0.29, 0.717) is 37.6 Å². The maximum absolute atomic E-state index is 12.2. The van der Waals surface area contributed by atoms with Gasteiger partial charge in [-0.3, -0.25) is 14.9 Å². The average Bonchev–Trinajstić information content (AvgIpc) is 3.30. The zero-order chi connectivity index (χ0) is 15.7. The average molecular weight is 313 g/mol. The quantitative estimate of drug-likeness (QED) is 0.331. The second-order valence-corrected chi connectivity index (χ2v) is 6.66. The molecule has 0 N–H and O–H groups in total. The summed E-state index contributed by atoms with van der Waals surface area (Å²) in [4.78, 5) is 22.9. The standard InChI is InChI=1S/C15H23NO6/c1-20-12-5-3-10(7-11(12)16(18)19)15(17)21-8-9-2-4-13-14(6-9)22-13/h9-14H,2-8H2,1H3. The largest absolute Gasteiger partial charge is 0.465 e. The van der Waals surface area contributed by atoms with E-state index in [1.54, 1.807) is 0 Å². The molecule has 1 saturated heterocycles. The molecule has 0 radical (unpaired) electrons. The summed E-state index contributed by atoms with van der Waals surface area (Å²) in [6.07, 6.45) is 4.79. The van der Waals surface area contributed by atoms with Gasteiger partial charge in [-0.1, -0.05) is 0 Å². The first-order valence-electron chi connectivity index (χ1n) is 8.07. The number of esters is 1. The van der Waals surface area contributed by atoms with E-state index >= 15 is 0 Å². The van der Waals surface area contributed by atoms with E-state index in [2.05, 4.69) is 0 Å². The summed E-state index contributed by atoms with van der Waals surface area (Å²) in [6.45, 7) is 0.415. The van der Waals surface area contributed by atoms with Crippen LogP contribution in [0.2, 0.25) is 0 Å². The van der Waals surface area contributed by atoms with E-state index in [1.807, 2.05) is 0 Å². The van der Waals surface area contributed by atoms with Gasteiger partial charge >= 0.3 is 5.97 Å². The number of carbonyl (C=O) groups excluding carboxylic acids is 1. The van der Waals surface area contributed by atoms with Crippen molar-refractivity contribution in [3.05, 3.63) is 10.1 Å². The Balaban J connectivity index is 1.46. The summed E-state index contributed by atoms with van der Waals surface area (Å²) in [5.74, 6) is -0.301. The third kappa shape index (κ3) is 3.41. The molecule has 7 nitrogen and oxygen atoms in total. The molecule has 3 rings (SSSR count). The van der Waals surface area contributed by atoms with Gasteiger partial charge in [0, 0.05) is 18.5 Å². The van der Waals surface area contributed by atoms with Crippen LogP contribution in [-0.2, 0) is 19.0 Å². The lowest BCUT2D eigenvalue weighted by molar-refractivity contribution is -0.539. The number of nitro groups is 1. The minimum absolute atomic E-state index is 0.211. The molecule has 0 aromatic carbocycles. The van der Waals surface area contributed by atoms with Crippen LogP contribution in [0.4, 0.5) is 0 Å². The Morgan fingerprint density at radius 3 is 2.73 bits per heavy atom. The van der Waals surface area contributed by atoms with Gasteiger partial charge in [-0.2, -0.15) is 0 Å². The molecule has 2 saturated carbocycles. The third-order valence-electron chi connectivity index (χ3n) is 5.24. The number of carbonyl (C=O) groups is 1. The molecule has 3 fully saturated rings. The van der Waals surface area contributed by atoms with Crippen molar-refractivity contribution in [1.82, 2.24) is 0 Å². The lowest BCUT2D eigenvalue weighted by Gasteiger charge is -2.29. The molecular formula is C15H23NO6. The summed E-state index contributed by atoms with van der Waals surface area (Å²) in [7, 11) is 1.48. The van der Waals surface area contributed by atoms with Gasteiger partial charge in [-0.15, -0.1) is 0 Å². The maximum atomic E-state index is 12.2. The lowest BCUT2D eigenvalue weighted by atomic mass is 9.84. The van der Waals surface area contributed by atoms with Gasteiger partial charge in [0.15, 0.2) is 0 Å². The van der Waals surface area contributed by atoms with Gasteiger partial charge in [0.25, 0.3) is 0 Å². The summed E-state index contributed by atoms with van der Waals surface area (Å²) in [6, 6.07) is -0.813. The molecule has 6 atom stereocenters. The molecule has 7 heteroatoms. The Labute approximate surface area is 129 Å². The first-order valence-corrected chi connectivity index (χ1v) is 8.07. The Morgan fingerprint density at radius 2 is 2.05 bits per heavy atom. The maximum Gasteiger partial charge on any atom is 0.309 e. The minimum atomic E-state index is -0.813. The Hall–Kier alpha value is -1.21. The topological polar surface area (TPSA) is 91.2 Å².